The maximum absolute atomic E-state index is 14.1. The number of carbonyl (C=O) groups excluding carboxylic acids is 2. The normalized spacial score (nSPS) is 12.9. The van der Waals surface area contributed by atoms with E-state index in [1.807, 2.05) is 65.0 Å². The first-order chi connectivity index (χ1) is 18.8. The zero-order chi connectivity index (χ0) is 29.6. The molecule has 0 bridgehead atoms. The average Bonchev–Trinajstić information content (AvgIpc) is 2.92. The molecule has 0 unspecified atom stereocenters. The molecule has 0 aliphatic rings. The largest absolute Gasteiger partial charge is 0.352 e. The number of nitrogens with zero attached hydrogens (tertiary/aromatic N) is 2. The molecule has 0 radical (unpaired) electrons. The minimum absolute atomic E-state index is 0.0621. The summed E-state index contributed by atoms with van der Waals surface area (Å²) in [5.74, 6) is -0.772. The fraction of sp³-hybridized carbons (Fsp3) is 0.355. The van der Waals surface area contributed by atoms with E-state index in [-0.39, 0.29) is 23.4 Å². The summed E-state index contributed by atoms with van der Waals surface area (Å²) in [7, 11) is -4.11. The SMILES string of the molecule is CC[C@@H](C)NC(=O)[C@@H](C)N(Cc1ccc(Br)cc1)C(=O)CN(c1cccc(C)c1C)S(=O)(=O)c1ccc(C)cc1. The third-order valence-electron chi connectivity index (χ3n) is 7.17. The second-order valence-corrected chi connectivity index (χ2v) is 13.0. The van der Waals surface area contributed by atoms with E-state index in [9.17, 15) is 18.0 Å². The number of amides is 2. The van der Waals surface area contributed by atoms with Crippen molar-refractivity contribution < 1.29 is 18.0 Å². The molecule has 214 valence electrons. The Bertz CT molecular complexity index is 1440. The van der Waals surface area contributed by atoms with Crippen molar-refractivity contribution >= 4 is 43.5 Å². The highest BCUT2D eigenvalue weighted by molar-refractivity contribution is 9.10. The van der Waals surface area contributed by atoms with Crippen molar-refractivity contribution in [3.63, 3.8) is 0 Å². The van der Waals surface area contributed by atoms with Gasteiger partial charge in [-0.05, 0) is 88.1 Å². The summed E-state index contributed by atoms with van der Waals surface area (Å²) in [6.45, 7) is 10.9. The van der Waals surface area contributed by atoms with E-state index in [0.717, 1.165) is 37.5 Å². The highest BCUT2D eigenvalue weighted by atomic mass is 79.9. The molecule has 0 aliphatic carbocycles. The second-order valence-electron chi connectivity index (χ2n) is 10.2. The molecular formula is C31H38BrN3O4S. The number of aryl methyl sites for hydroxylation is 2. The van der Waals surface area contributed by atoms with E-state index in [1.165, 1.54) is 4.90 Å². The van der Waals surface area contributed by atoms with Gasteiger partial charge in [-0.2, -0.15) is 0 Å². The third kappa shape index (κ3) is 7.52. The fourth-order valence-corrected chi connectivity index (χ4v) is 5.93. The lowest BCUT2D eigenvalue weighted by atomic mass is 10.1. The zero-order valence-electron chi connectivity index (χ0n) is 23.9. The van der Waals surface area contributed by atoms with Crippen molar-refractivity contribution in [2.45, 2.75) is 71.5 Å². The highest BCUT2D eigenvalue weighted by Crippen LogP contribution is 2.29. The third-order valence-corrected chi connectivity index (χ3v) is 9.47. The van der Waals surface area contributed by atoms with Crippen LogP contribution in [0.2, 0.25) is 0 Å². The van der Waals surface area contributed by atoms with Gasteiger partial charge >= 0.3 is 0 Å². The quantitative estimate of drug-likeness (QED) is 0.287. The molecule has 40 heavy (non-hydrogen) atoms. The van der Waals surface area contributed by atoms with Gasteiger partial charge in [-0.15, -0.1) is 0 Å². The van der Waals surface area contributed by atoms with Gasteiger partial charge in [0.1, 0.15) is 12.6 Å². The zero-order valence-corrected chi connectivity index (χ0v) is 26.3. The van der Waals surface area contributed by atoms with Crippen LogP contribution in [-0.2, 0) is 26.2 Å². The second kappa shape index (κ2) is 13.5. The predicted octanol–water partition coefficient (Wildman–Crippen LogP) is 5.90. The van der Waals surface area contributed by atoms with Gasteiger partial charge in [0.05, 0.1) is 10.6 Å². The predicted molar refractivity (Wildman–Crippen MR) is 164 cm³/mol. The smallest absolute Gasteiger partial charge is 0.264 e. The van der Waals surface area contributed by atoms with Crippen molar-refractivity contribution in [3.05, 3.63) is 93.5 Å². The molecule has 0 spiro atoms. The van der Waals surface area contributed by atoms with Crippen molar-refractivity contribution in [1.29, 1.82) is 0 Å². The summed E-state index contributed by atoms with van der Waals surface area (Å²) >= 11 is 3.43. The van der Waals surface area contributed by atoms with Crippen molar-refractivity contribution in [2.24, 2.45) is 0 Å². The van der Waals surface area contributed by atoms with Crippen LogP contribution in [0.5, 0.6) is 0 Å². The molecule has 3 aromatic rings. The van der Waals surface area contributed by atoms with E-state index >= 15 is 0 Å². The van der Waals surface area contributed by atoms with Gasteiger partial charge < -0.3 is 10.2 Å². The molecule has 0 heterocycles. The minimum atomic E-state index is -4.11. The molecule has 1 N–H and O–H groups in total. The lowest BCUT2D eigenvalue weighted by Gasteiger charge is -2.33. The maximum atomic E-state index is 14.1. The molecule has 0 saturated carbocycles. The van der Waals surface area contributed by atoms with E-state index in [4.69, 9.17) is 0 Å². The van der Waals surface area contributed by atoms with Crippen LogP contribution >= 0.6 is 15.9 Å². The number of benzene rings is 3. The van der Waals surface area contributed by atoms with Crippen LogP contribution in [0.15, 0.2) is 76.1 Å². The van der Waals surface area contributed by atoms with E-state index in [0.29, 0.717) is 5.69 Å². The van der Waals surface area contributed by atoms with Gasteiger partial charge in [-0.3, -0.25) is 13.9 Å². The van der Waals surface area contributed by atoms with Crippen LogP contribution in [0, 0.1) is 20.8 Å². The number of hydrogen-bond acceptors (Lipinski definition) is 4. The number of nitrogens with one attached hydrogen (secondary N) is 1. The topological polar surface area (TPSA) is 86.8 Å². The molecule has 9 heteroatoms. The summed E-state index contributed by atoms with van der Waals surface area (Å²) in [5, 5.41) is 2.95. The van der Waals surface area contributed by atoms with E-state index in [1.54, 1.807) is 43.3 Å². The Hall–Kier alpha value is -3.17. The molecule has 0 aliphatic heterocycles. The summed E-state index contributed by atoms with van der Waals surface area (Å²) in [4.78, 5) is 28.8. The Kier molecular flexibility index (Phi) is 10.6. The van der Waals surface area contributed by atoms with Gasteiger partial charge in [0, 0.05) is 17.1 Å². The number of halogens is 1. The van der Waals surface area contributed by atoms with Crippen LogP contribution in [0.3, 0.4) is 0 Å². The number of sulfonamides is 1. The fourth-order valence-electron chi connectivity index (χ4n) is 4.19. The summed E-state index contributed by atoms with van der Waals surface area (Å²) < 4.78 is 30.1. The molecule has 2 amide bonds. The van der Waals surface area contributed by atoms with Crippen LogP contribution in [0.1, 0.15) is 49.4 Å². The number of anilines is 1. The Morgan fingerprint density at radius 3 is 2.15 bits per heavy atom. The number of carbonyl (C=O) groups is 2. The first-order valence-electron chi connectivity index (χ1n) is 13.3. The van der Waals surface area contributed by atoms with Crippen LogP contribution < -0.4 is 9.62 Å². The van der Waals surface area contributed by atoms with Crippen LogP contribution in [0.4, 0.5) is 5.69 Å². The van der Waals surface area contributed by atoms with Crippen molar-refractivity contribution in [3.8, 4) is 0 Å². The summed E-state index contributed by atoms with van der Waals surface area (Å²) in [5.41, 5.74) is 3.83. The molecule has 0 fully saturated rings. The Morgan fingerprint density at radius 2 is 1.55 bits per heavy atom. The van der Waals surface area contributed by atoms with E-state index < -0.39 is 28.5 Å². The molecule has 3 rings (SSSR count). The van der Waals surface area contributed by atoms with Gasteiger partial charge in [-0.1, -0.05) is 64.8 Å². The van der Waals surface area contributed by atoms with Crippen molar-refractivity contribution in [2.75, 3.05) is 10.8 Å². The number of hydrogen-bond donors (Lipinski definition) is 1. The molecule has 2 atom stereocenters. The van der Waals surface area contributed by atoms with Gasteiger partial charge in [0.2, 0.25) is 11.8 Å². The highest BCUT2D eigenvalue weighted by Gasteiger charge is 2.33. The van der Waals surface area contributed by atoms with Crippen LogP contribution in [0.25, 0.3) is 0 Å². The van der Waals surface area contributed by atoms with Crippen LogP contribution in [-0.4, -0.2) is 43.8 Å². The maximum Gasteiger partial charge on any atom is 0.264 e. The Morgan fingerprint density at radius 1 is 0.925 bits per heavy atom. The molecule has 0 saturated heterocycles. The molecule has 3 aromatic carbocycles. The average molecular weight is 629 g/mol. The lowest BCUT2D eigenvalue weighted by Crippen LogP contribution is -2.52. The summed E-state index contributed by atoms with van der Waals surface area (Å²) in [6, 6.07) is 18.5. The van der Waals surface area contributed by atoms with Crippen molar-refractivity contribution in [1.82, 2.24) is 10.2 Å². The monoisotopic (exact) mass is 627 g/mol. The molecule has 0 aromatic heterocycles. The Balaban J connectivity index is 2.06. The van der Waals surface area contributed by atoms with Gasteiger partial charge in [0.25, 0.3) is 10.0 Å². The summed E-state index contributed by atoms with van der Waals surface area (Å²) in [6.07, 6.45) is 0.744. The van der Waals surface area contributed by atoms with Gasteiger partial charge in [-0.25, -0.2) is 8.42 Å². The standard InChI is InChI=1S/C31H38BrN3O4S/c1-7-23(4)33-31(37)25(6)34(19-26-13-15-27(32)16-14-26)30(36)20-35(29-10-8-9-22(3)24(29)5)40(38,39)28-17-11-21(2)12-18-28/h8-18,23,25H,7,19-20H2,1-6H3,(H,33,37)/t23-,25-/m1/s1. The number of rotatable bonds is 11. The first-order valence-corrected chi connectivity index (χ1v) is 15.6. The molecule has 7 nitrogen and oxygen atoms in total. The minimum Gasteiger partial charge on any atom is -0.352 e. The lowest BCUT2D eigenvalue weighted by molar-refractivity contribution is -0.139. The molecular weight excluding hydrogens is 590 g/mol. The first kappa shape index (κ1) is 31.4. The Labute approximate surface area is 246 Å². The van der Waals surface area contributed by atoms with Gasteiger partial charge in [0.15, 0.2) is 0 Å². The van der Waals surface area contributed by atoms with E-state index in [2.05, 4.69) is 21.2 Å².